The van der Waals surface area contributed by atoms with Crippen molar-refractivity contribution in [1.29, 1.82) is 0 Å². The lowest BCUT2D eigenvalue weighted by Gasteiger charge is -2.13. The Bertz CT molecular complexity index is 453. The van der Waals surface area contributed by atoms with Crippen LogP contribution < -0.4 is 0 Å². The van der Waals surface area contributed by atoms with Gasteiger partial charge in [0.05, 0.1) is 0 Å². The first kappa shape index (κ1) is 13.1. The minimum atomic E-state index is 0.514. The molecule has 0 saturated heterocycles. The van der Waals surface area contributed by atoms with Gasteiger partial charge in [0.2, 0.25) is 0 Å². The van der Waals surface area contributed by atoms with Gasteiger partial charge in [0.1, 0.15) is 0 Å². The van der Waals surface area contributed by atoms with E-state index >= 15 is 0 Å². The SMILES string of the molecule is ClCC(Cc1ccsc1)Cc1cccc(Br)c1. The Balaban J connectivity index is 2.00. The number of hydrogen-bond acceptors (Lipinski definition) is 1. The van der Waals surface area contributed by atoms with E-state index in [0.29, 0.717) is 11.8 Å². The van der Waals surface area contributed by atoms with Gasteiger partial charge in [-0.05, 0) is 58.8 Å². The number of thiophene rings is 1. The number of halogens is 2. The molecule has 0 aliphatic heterocycles. The van der Waals surface area contributed by atoms with Crippen molar-refractivity contribution in [3.8, 4) is 0 Å². The third-order valence-electron chi connectivity index (χ3n) is 2.74. The lowest BCUT2D eigenvalue weighted by molar-refractivity contribution is 0.585. The van der Waals surface area contributed by atoms with Crippen molar-refractivity contribution < 1.29 is 0 Å². The average Bonchev–Trinajstić information content (AvgIpc) is 2.81. The monoisotopic (exact) mass is 328 g/mol. The van der Waals surface area contributed by atoms with E-state index in [4.69, 9.17) is 11.6 Å². The van der Waals surface area contributed by atoms with E-state index < -0.39 is 0 Å². The molecular formula is C14H14BrClS. The molecule has 0 amide bonds. The van der Waals surface area contributed by atoms with Gasteiger partial charge < -0.3 is 0 Å². The molecule has 1 heterocycles. The van der Waals surface area contributed by atoms with Gasteiger partial charge in [-0.15, -0.1) is 11.6 Å². The summed E-state index contributed by atoms with van der Waals surface area (Å²) in [6.07, 6.45) is 2.11. The molecule has 0 fully saturated rings. The summed E-state index contributed by atoms with van der Waals surface area (Å²) in [5, 5.41) is 4.33. The lowest BCUT2D eigenvalue weighted by Crippen LogP contribution is -2.09. The second kappa shape index (κ2) is 6.58. The van der Waals surface area contributed by atoms with Crippen LogP contribution in [0, 0.1) is 5.92 Å². The molecule has 0 aliphatic rings. The number of hydrogen-bond donors (Lipinski definition) is 0. The van der Waals surface area contributed by atoms with Crippen molar-refractivity contribution in [2.45, 2.75) is 12.8 Å². The smallest absolute Gasteiger partial charge is 0.0258 e. The van der Waals surface area contributed by atoms with Crippen molar-refractivity contribution >= 4 is 38.9 Å². The topological polar surface area (TPSA) is 0 Å². The van der Waals surface area contributed by atoms with Gasteiger partial charge in [-0.2, -0.15) is 11.3 Å². The van der Waals surface area contributed by atoms with Gasteiger partial charge in [-0.25, -0.2) is 0 Å². The molecule has 0 nitrogen and oxygen atoms in total. The number of benzene rings is 1. The fourth-order valence-electron chi connectivity index (χ4n) is 1.92. The molecule has 0 bridgehead atoms. The van der Waals surface area contributed by atoms with Crippen LogP contribution in [0.3, 0.4) is 0 Å². The van der Waals surface area contributed by atoms with Crippen molar-refractivity contribution in [3.05, 3.63) is 56.7 Å². The summed E-state index contributed by atoms with van der Waals surface area (Å²) in [5.74, 6) is 1.23. The van der Waals surface area contributed by atoms with Crippen LogP contribution in [0.25, 0.3) is 0 Å². The van der Waals surface area contributed by atoms with E-state index in [2.05, 4.69) is 57.0 Å². The Morgan fingerprint density at radius 3 is 2.65 bits per heavy atom. The zero-order chi connectivity index (χ0) is 12.1. The van der Waals surface area contributed by atoms with Gasteiger partial charge in [0, 0.05) is 10.4 Å². The van der Waals surface area contributed by atoms with Crippen molar-refractivity contribution in [3.63, 3.8) is 0 Å². The molecule has 0 spiro atoms. The normalized spacial score (nSPS) is 12.6. The number of rotatable bonds is 5. The second-order valence-electron chi connectivity index (χ2n) is 4.19. The Kier molecular flexibility index (Phi) is 5.08. The molecule has 0 saturated carbocycles. The first-order valence-corrected chi connectivity index (χ1v) is 7.86. The molecule has 17 heavy (non-hydrogen) atoms. The fourth-order valence-corrected chi connectivity index (χ4v) is 3.27. The minimum Gasteiger partial charge on any atom is -0.152 e. The minimum absolute atomic E-state index is 0.514. The van der Waals surface area contributed by atoms with E-state index in [9.17, 15) is 0 Å². The van der Waals surface area contributed by atoms with Crippen LogP contribution in [-0.4, -0.2) is 5.88 Å². The predicted molar refractivity (Wildman–Crippen MR) is 80.1 cm³/mol. The van der Waals surface area contributed by atoms with Gasteiger partial charge in [-0.1, -0.05) is 28.1 Å². The Labute approximate surface area is 120 Å². The van der Waals surface area contributed by atoms with Gasteiger partial charge in [0.25, 0.3) is 0 Å². The fraction of sp³-hybridized carbons (Fsp3) is 0.286. The molecule has 1 aromatic heterocycles. The van der Waals surface area contributed by atoms with Gasteiger partial charge in [-0.3, -0.25) is 0 Å². The lowest BCUT2D eigenvalue weighted by atomic mass is 9.95. The zero-order valence-electron chi connectivity index (χ0n) is 9.40. The van der Waals surface area contributed by atoms with Crippen LogP contribution >= 0.6 is 38.9 Å². The summed E-state index contributed by atoms with van der Waals surface area (Å²) in [7, 11) is 0. The number of alkyl halides is 1. The molecule has 0 aliphatic carbocycles. The van der Waals surface area contributed by atoms with Crippen LogP contribution in [0.4, 0.5) is 0 Å². The highest BCUT2D eigenvalue weighted by molar-refractivity contribution is 9.10. The summed E-state index contributed by atoms with van der Waals surface area (Å²) in [5.41, 5.74) is 2.75. The first-order valence-electron chi connectivity index (χ1n) is 5.59. The third-order valence-corrected chi connectivity index (χ3v) is 4.40. The van der Waals surface area contributed by atoms with Crippen LogP contribution in [0.1, 0.15) is 11.1 Å². The quantitative estimate of drug-likeness (QED) is 0.665. The van der Waals surface area contributed by atoms with Crippen molar-refractivity contribution in [1.82, 2.24) is 0 Å². The zero-order valence-corrected chi connectivity index (χ0v) is 12.6. The second-order valence-corrected chi connectivity index (χ2v) is 6.19. The highest BCUT2D eigenvalue weighted by Gasteiger charge is 2.10. The maximum absolute atomic E-state index is 6.07. The average molecular weight is 330 g/mol. The van der Waals surface area contributed by atoms with E-state index in [1.165, 1.54) is 11.1 Å². The van der Waals surface area contributed by atoms with E-state index in [-0.39, 0.29) is 0 Å². The van der Waals surface area contributed by atoms with Crippen LogP contribution in [-0.2, 0) is 12.8 Å². The maximum Gasteiger partial charge on any atom is 0.0258 e. The molecular weight excluding hydrogens is 316 g/mol. The molecule has 0 radical (unpaired) electrons. The van der Waals surface area contributed by atoms with Crippen LogP contribution in [0.5, 0.6) is 0 Å². The van der Waals surface area contributed by atoms with Crippen molar-refractivity contribution in [2.75, 3.05) is 5.88 Å². The van der Waals surface area contributed by atoms with E-state index in [1.54, 1.807) is 11.3 Å². The van der Waals surface area contributed by atoms with Gasteiger partial charge in [0.15, 0.2) is 0 Å². The highest BCUT2D eigenvalue weighted by atomic mass is 79.9. The summed E-state index contributed by atoms with van der Waals surface area (Å²) in [4.78, 5) is 0. The Morgan fingerprint density at radius 2 is 2.00 bits per heavy atom. The standard InChI is InChI=1S/C14H14BrClS/c15-14-3-1-2-11(8-14)6-13(9-16)7-12-4-5-17-10-12/h1-5,8,10,13H,6-7,9H2. The van der Waals surface area contributed by atoms with E-state index in [1.807, 2.05) is 0 Å². The molecule has 2 aromatic rings. The largest absolute Gasteiger partial charge is 0.152 e. The molecule has 1 unspecified atom stereocenters. The maximum atomic E-state index is 6.07. The Morgan fingerprint density at radius 1 is 1.18 bits per heavy atom. The third kappa shape index (κ3) is 4.13. The summed E-state index contributed by atoms with van der Waals surface area (Å²) in [6.45, 7) is 0. The molecule has 2 rings (SSSR count). The summed E-state index contributed by atoms with van der Waals surface area (Å²) in [6, 6.07) is 10.7. The van der Waals surface area contributed by atoms with E-state index in [0.717, 1.165) is 17.3 Å². The van der Waals surface area contributed by atoms with Crippen LogP contribution in [0.2, 0.25) is 0 Å². The molecule has 90 valence electrons. The molecule has 3 heteroatoms. The predicted octanol–water partition coefficient (Wildman–Crippen LogP) is 5.15. The summed E-state index contributed by atoms with van der Waals surface area (Å²) >= 11 is 11.3. The first-order chi connectivity index (χ1) is 8.28. The summed E-state index contributed by atoms with van der Waals surface area (Å²) < 4.78 is 1.14. The van der Waals surface area contributed by atoms with Crippen molar-refractivity contribution in [2.24, 2.45) is 5.92 Å². The molecule has 1 aromatic carbocycles. The molecule has 0 N–H and O–H groups in total. The van der Waals surface area contributed by atoms with Gasteiger partial charge >= 0.3 is 0 Å². The Hall–Kier alpha value is -0.310. The van der Waals surface area contributed by atoms with Crippen LogP contribution in [0.15, 0.2) is 45.6 Å². The highest BCUT2D eigenvalue weighted by Crippen LogP contribution is 2.20. The molecule has 1 atom stereocenters.